The summed E-state index contributed by atoms with van der Waals surface area (Å²) in [4.78, 5) is 27.6. The van der Waals surface area contributed by atoms with E-state index in [-0.39, 0.29) is 12.4 Å². The molecule has 1 atom stereocenters. The van der Waals surface area contributed by atoms with Crippen LogP contribution in [0.4, 0.5) is 13.2 Å². The lowest BCUT2D eigenvalue weighted by Gasteiger charge is -2.24. The molecule has 3 rings (SSSR count). The Hall–Kier alpha value is -3.16. The fourth-order valence-corrected chi connectivity index (χ4v) is 2.96. The average molecular weight is 376 g/mol. The molecule has 0 unspecified atom stereocenters. The molecule has 5 nitrogen and oxygen atoms in total. The minimum atomic E-state index is -5.04. The van der Waals surface area contributed by atoms with Crippen molar-refractivity contribution in [3.05, 3.63) is 71.8 Å². The number of hydrogen-bond donors (Lipinski definition) is 2. The monoisotopic (exact) mass is 376 g/mol. The SMILES string of the molecule is CC(=O)N[C@]1(C(F)(F)F)[NH+]=C(c2ccccc2)N(Cc2ccccc2)C1=O. The van der Waals surface area contributed by atoms with E-state index < -0.39 is 23.7 Å². The van der Waals surface area contributed by atoms with Gasteiger partial charge in [0.15, 0.2) is 0 Å². The quantitative estimate of drug-likeness (QED) is 0.835. The van der Waals surface area contributed by atoms with Crippen LogP contribution >= 0.6 is 0 Å². The molecule has 1 heterocycles. The van der Waals surface area contributed by atoms with E-state index in [4.69, 9.17) is 0 Å². The lowest BCUT2D eigenvalue weighted by molar-refractivity contribution is -0.581. The highest BCUT2D eigenvalue weighted by molar-refractivity contribution is 6.10. The van der Waals surface area contributed by atoms with Crippen molar-refractivity contribution in [3.8, 4) is 0 Å². The van der Waals surface area contributed by atoms with Crippen LogP contribution < -0.4 is 10.3 Å². The Balaban J connectivity index is 2.13. The first-order valence-electron chi connectivity index (χ1n) is 8.16. The number of carbonyl (C=O) groups is 2. The molecule has 1 aliphatic heterocycles. The van der Waals surface area contributed by atoms with Gasteiger partial charge in [-0.3, -0.25) is 10.1 Å². The number of alkyl halides is 3. The van der Waals surface area contributed by atoms with Gasteiger partial charge in [0.05, 0.1) is 5.56 Å². The Morgan fingerprint density at radius 1 is 1.07 bits per heavy atom. The summed E-state index contributed by atoms with van der Waals surface area (Å²) in [5.41, 5.74) is -2.15. The molecule has 0 aromatic heterocycles. The van der Waals surface area contributed by atoms with E-state index in [2.05, 4.69) is 4.99 Å². The summed E-state index contributed by atoms with van der Waals surface area (Å²) in [6, 6.07) is 16.9. The van der Waals surface area contributed by atoms with Gasteiger partial charge in [-0.1, -0.05) is 48.5 Å². The predicted octanol–water partition coefficient (Wildman–Crippen LogP) is 0.951. The summed E-state index contributed by atoms with van der Waals surface area (Å²) in [6.07, 6.45) is -5.04. The molecule has 2 N–H and O–H groups in total. The van der Waals surface area contributed by atoms with Crippen molar-refractivity contribution in [1.29, 1.82) is 0 Å². The summed E-state index contributed by atoms with van der Waals surface area (Å²) in [5, 5.41) is 1.77. The standard InChI is InChI=1S/C19H16F3N3O2/c1-13(26)23-18(19(20,21)22)17(27)25(12-14-8-4-2-5-9-14)16(24-18)15-10-6-3-7-11-15/h2-11H,12H2,1H3,(H,23,26)/p+1/t18-/m0/s1. The molecule has 2 aromatic carbocycles. The maximum atomic E-state index is 13.9. The molecule has 2 aromatic rings. The molecule has 27 heavy (non-hydrogen) atoms. The van der Waals surface area contributed by atoms with Crippen LogP contribution in [-0.4, -0.2) is 34.4 Å². The second kappa shape index (κ2) is 6.86. The van der Waals surface area contributed by atoms with E-state index in [1.807, 2.05) is 0 Å². The number of halogens is 3. The van der Waals surface area contributed by atoms with Crippen LogP contribution in [-0.2, 0) is 16.1 Å². The number of hydrogen-bond acceptors (Lipinski definition) is 2. The summed E-state index contributed by atoms with van der Waals surface area (Å²) in [7, 11) is 0. The van der Waals surface area contributed by atoms with Crippen molar-refractivity contribution in [1.82, 2.24) is 10.2 Å². The second-order valence-corrected chi connectivity index (χ2v) is 6.15. The lowest BCUT2D eigenvalue weighted by atomic mass is 10.1. The van der Waals surface area contributed by atoms with Gasteiger partial charge in [0.1, 0.15) is 6.54 Å². The van der Waals surface area contributed by atoms with Gasteiger partial charge in [0.2, 0.25) is 5.91 Å². The van der Waals surface area contributed by atoms with E-state index in [0.29, 0.717) is 11.1 Å². The maximum absolute atomic E-state index is 13.9. The van der Waals surface area contributed by atoms with Crippen LogP contribution in [0.5, 0.6) is 0 Å². The Labute approximate surface area is 153 Å². The number of amides is 2. The molecule has 140 valence electrons. The molecule has 0 aliphatic carbocycles. The van der Waals surface area contributed by atoms with Crippen LogP contribution in [0.2, 0.25) is 0 Å². The van der Waals surface area contributed by atoms with Crippen LogP contribution in [0.15, 0.2) is 60.7 Å². The minimum absolute atomic E-state index is 0.0180. The third-order valence-electron chi connectivity index (χ3n) is 4.16. The zero-order chi connectivity index (χ0) is 19.7. The number of nitrogens with zero attached hydrogens (tertiary/aromatic N) is 1. The Bertz CT molecular complexity index is 882. The molecule has 2 amide bonds. The zero-order valence-corrected chi connectivity index (χ0v) is 14.4. The maximum Gasteiger partial charge on any atom is 0.465 e. The van der Waals surface area contributed by atoms with Crippen molar-refractivity contribution < 1.29 is 27.8 Å². The van der Waals surface area contributed by atoms with Crippen LogP contribution in [0.1, 0.15) is 18.1 Å². The number of rotatable bonds is 4. The number of nitrogens with one attached hydrogen (secondary N) is 2. The number of carbonyl (C=O) groups excluding carboxylic acids is 2. The first-order chi connectivity index (χ1) is 12.7. The Kier molecular flexibility index (Phi) is 4.73. The molecule has 0 spiro atoms. The van der Waals surface area contributed by atoms with Gasteiger partial charge in [-0.2, -0.15) is 18.1 Å². The highest BCUT2D eigenvalue weighted by Crippen LogP contribution is 2.30. The van der Waals surface area contributed by atoms with Crippen LogP contribution in [0, 0.1) is 0 Å². The second-order valence-electron chi connectivity index (χ2n) is 6.15. The highest BCUT2D eigenvalue weighted by Gasteiger charge is 2.72. The minimum Gasteiger partial charge on any atom is -0.298 e. The van der Waals surface area contributed by atoms with Gasteiger partial charge in [-0.05, 0) is 17.7 Å². The summed E-state index contributed by atoms with van der Waals surface area (Å²) in [5.74, 6) is -2.27. The summed E-state index contributed by atoms with van der Waals surface area (Å²) >= 11 is 0. The van der Waals surface area contributed by atoms with Gasteiger partial charge in [0, 0.05) is 6.92 Å². The predicted molar refractivity (Wildman–Crippen MR) is 91.1 cm³/mol. The molecule has 0 saturated carbocycles. The first-order valence-corrected chi connectivity index (χ1v) is 8.16. The fraction of sp³-hybridized carbons (Fsp3) is 0.211. The smallest absolute Gasteiger partial charge is 0.298 e. The third-order valence-corrected chi connectivity index (χ3v) is 4.16. The molecule has 0 saturated heterocycles. The van der Waals surface area contributed by atoms with Crippen molar-refractivity contribution in [2.75, 3.05) is 0 Å². The molecule has 1 aliphatic rings. The first kappa shape index (κ1) is 18.6. The molecule has 8 heteroatoms. The van der Waals surface area contributed by atoms with Gasteiger partial charge in [0.25, 0.3) is 5.84 Å². The van der Waals surface area contributed by atoms with E-state index in [9.17, 15) is 22.8 Å². The zero-order valence-electron chi connectivity index (χ0n) is 14.4. The highest BCUT2D eigenvalue weighted by atomic mass is 19.4. The largest absolute Gasteiger partial charge is 0.465 e. The van der Waals surface area contributed by atoms with E-state index in [1.165, 1.54) is 0 Å². The topological polar surface area (TPSA) is 63.4 Å². The fourth-order valence-electron chi connectivity index (χ4n) is 2.96. The van der Waals surface area contributed by atoms with Gasteiger partial charge >= 0.3 is 17.7 Å². The van der Waals surface area contributed by atoms with Crippen molar-refractivity contribution in [2.24, 2.45) is 0 Å². The van der Waals surface area contributed by atoms with Crippen LogP contribution in [0.25, 0.3) is 0 Å². The van der Waals surface area contributed by atoms with E-state index >= 15 is 0 Å². The van der Waals surface area contributed by atoms with Gasteiger partial charge < -0.3 is 0 Å². The van der Waals surface area contributed by atoms with Crippen molar-refractivity contribution in [2.45, 2.75) is 25.3 Å². The normalized spacial score (nSPS) is 19.8. The number of benzene rings is 2. The van der Waals surface area contributed by atoms with Crippen LogP contribution in [0.3, 0.4) is 0 Å². The van der Waals surface area contributed by atoms with Crippen molar-refractivity contribution >= 4 is 17.6 Å². The summed E-state index contributed by atoms with van der Waals surface area (Å²) in [6.45, 7) is 0.860. The average Bonchev–Trinajstić information content (AvgIpc) is 2.90. The lowest BCUT2D eigenvalue weighted by Crippen LogP contribution is -2.96. The Morgan fingerprint density at radius 2 is 1.63 bits per heavy atom. The number of amidine groups is 1. The molecular formula is C19H17F3N3O2+. The Morgan fingerprint density at radius 3 is 2.15 bits per heavy atom. The molecule has 0 radical (unpaired) electrons. The molecule has 0 fully saturated rings. The van der Waals surface area contributed by atoms with Gasteiger partial charge in [-0.15, -0.1) is 0 Å². The third kappa shape index (κ3) is 3.42. The van der Waals surface area contributed by atoms with Crippen molar-refractivity contribution in [3.63, 3.8) is 0 Å². The molecular weight excluding hydrogens is 359 g/mol. The van der Waals surface area contributed by atoms with E-state index in [0.717, 1.165) is 11.8 Å². The summed E-state index contributed by atoms with van der Waals surface area (Å²) < 4.78 is 41.7. The van der Waals surface area contributed by atoms with E-state index in [1.54, 1.807) is 66.0 Å². The molecule has 0 bridgehead atoms. The van der Waals surface area contributed by atoms with Gasteiger partial charge in [-0.25, -0.2) is 9.79 Å².